The van der Waals surface area contributed by atoms with Gasteiger partial charge in [-0.3, -0.25) is 0 Å². The van der Waals surface area contributed by atoms with Gasteiger partial charge in [0.1, 0.15) is 5.75 Å². The van der Waals surface area contributed by atoms with Crippen molar-refractivity contribution in [2.45, 2.75) is 37.8 Å². The molecule has 0 radical (unpaired) electrons. The third kappa shape index (κ3) is 3.10. The normalized spacial score (nSPS) is 21.6. The maximum Gasteiger partial charge on any atom is 0.158 e. The minimum atomic E-state index is 0.611. The first kappa shape index (κ1) is 18.1. The molecular weight excluding hydrogens is 392 g/mol. The topological polar surface area (TPSA) is 33.3 Å². The highest BCUT2D eigenvalue weighted by atomic mass is 35.5. The molecule has 0 aromatic heterocycles. The molecule has 0 spiro atoms. The Hall–Kier alpha value is -2.75. The van der Waals surface area contributed by atoms with Crippen molar-refractivity contribution in [3.8, 4) is 11.5 Å². The summed E-state index contributed by atoms with van der Waals surface area (Å²) in [6.45, 7) is 0. The number of hydrogen-bond acceptors (Lipinski definition) is 3. The lowest BCUT2D eigenvalue weighted by molar-refractivity contribution is 0.466. The van der Waals surface area contributed by atoms with Crippen LogP contribution in [0.25, 0.3) is 5.57 Å². The average molecular weight is 415 g/mol. The van der Waals surface area contributed by atoms with Gasteiger partial charge >= 0.3 is 0 Å². The molecule has 2 unspecified atom stereocenters. The van der Waals surface area contributed by atoms with Gasteiger partial charge in [0.2, 0.25) is 0 Å². The van der Waals surface area contributed by atoms with Gasteiger partial charge in [-0.1, -0.05) is 47.5 Å². The number of ether oxygens (including phenoxy) is 1. The smallest absolute Gasteiger partial charge is 0.158 e. The zero-order valence-corrected chi connectivity index (χ0v) is 17.4. The van der Waals surface area contributed by atoms with Crippen molar-refractivity contribution in [2.75, 3.05) is 5.32 Å². The minimum absolute atomic E-state index is 0.611. The van der Waals surface area contributed by atoms with Crippen LogP contribution in [0, 0.1) is 0 Å². The summed E-state index contributed by atoms with van der Waals surface area (Å²) in [7, 11) is 0. The lowest BCUT2D eigenvalue weighted by Crippen LogP contribution is -2.35. The van der Waals surface area contributed by atoms with Gasteiger partial charge in [0.15, 0.2) is 5.75 Å². The number of fused-ring (bicyclic) bond motifs is 4. The second-order valence-corrected chi connectivity index (χ2v) is 8.87. The Morgan fingerprint density at radius 3 is 2.37 bits per heavy atom. The summed E-state index contributed by atoms with van der Waals surface area (Å²) in [6, 6.07) is 23.8. The van der Waals surface area contributed by atoms with Crippen molar-refractivity contribution in [3.63, 3.8) is 0 Å². The first-order valence-corrected chi connectivity index (χ1v) is 11.0. The van der Waals surface area contributed by atoms with Crippen LogP contribution in [0.15, 0.2) is 72.3 Å². The molecule has 30 heavy (non-hydrogen) atoms. The summed E-state index contributed by atoms with van der Waals surface area (Å²) in [5.41, 5.74) is 7.28. The second kappa shape index (κ2) is 7.19. The molecule has 0 aliphatic carbocycles. The second-order valence-electron chi connectivity index (χ2n) is 8.44. The van der Waals surface area contributed by atoms with E-state index < -0.39 is 0 Å². The van der Waals surface area contributed by atoms with Crippen LogP contribution in [-0.2, 0) is 0 Å². The maximum atomic E-state index is 6.46. The van der Waals surface area contributed by atoms with Crippen molar-refractivity contribution >= 4 is 28.5 Å². The first-order valence-electron chi connectivity index (χ1n) is 10.7. The van der Waals surface area contributed by atoms with Gasteiger partial charge in [-0.05, 0) is 67.7 Å². The van der Waals surface area contributed by atoms with Crippen molar-refractivity contribution in [3.05, 3.63) is 88.5 Å². The van der Waals surface area contributed by atoms with E-state index in [0.29, 0.717) is 12.1 Å². The fourth-order valence-electron chi connectivity index (χ4n) is 5.14. The molecule has 0 amide bonds. The Labute approximate surface area is 181 Å². The van der Waals surface area contributed by atoms with Gasteiger partial charge in [0.05, 0.1) is 5.69 Å². The quantitative estimate of drug-likeness (QED) is 0.374. The fraction of sp³-hybridized carbons (Fsp3) is 0.231. The molecule has 3 aromatic rings. The number of nitrogens with one attached hydrogen (secondary N) is 2. The number of benzene rings is 3. The summed E-state index contributed by atoms with van der Waals surface area (Å²) in [5, 5.41) is 8.02. The molecule has 0 saturated carbocycles. The van der Waals surface area contributed by atoms with Crippen molar-refractivity contribution in [1.82, 2.24) is 5.32 Å². The van der Waals surface area contributed by atoms with Gasteiger partial charge in [0.25, 0.3) is 0 Å². The van der Waals surface area contributed by atoms with Crippen LogP contribution in [0.2, 0.25) is 5.02 Å². The number of halogens is 1. The summed E-state index contributed by atoms with van der Waals surface area (Å²) in [4.78, 5) is 0. The van der Waals surface area contributed by atoms with Crippen LogP contribution in [0.3, 0.4) is 0 Å². The summed E-state index contributed by atoms with van der Waals surface area (Å²) in [6.07, 6.45) is 4.80. The molecular formula is C26H23ClN2O. The van der Waals surface area contributed by atoms with Crippen LogP contribution < -0.4 is 15.4 Å². The summed E-state index contributed by atoms with van der Waals surface area (Å²) >= 11 is 6.06. The van der Waals surface area contributed by atoms with Gasteiger partial charge in [-0.2, -0.15) is 0 Å². The van der Waals surface area contributed by atoms with E-state index in [9.17, 15) is 0 Å². The monoisotopic (exact) mass is 414 g/mol. The first-order chi connectivity index (χ1) is 14.7. The molecule has 2 saturated heterocycles. The SMILES string of the molecule is Clc1ccc(Nc2cccc3c2Oc2ccccc2C3=C2CC3CCC(C2)N3)cc1. The highest BCUT2D eigenvalue weighted by Gasteiger charge is 2.34. The molecule has 3 nitrogen and oxygen atoms in total. The molecule has 3 heterocycles. The number of anilines is 2. The van der Waals surface area contributed by atoms with Crippen molar-refractivity contribution in [2.24, 2.45) is 0 Å². The van der Waals surface area contributed by atoms with Gasteiger partial charge in [-0.25, -0.2) is 0 Å². The minimum Gasteiger partial charge on any atom is -0.454 e. The third-order valence-corrected chi connectivity index (χ3v) is 6.70. The standard InChI is InChI=1S/C26H23ClN2O/c27-17-8-10-18(11-9-17)29-23-6-3-5-22-25(16-14-19-12-13-20(15-16)28-19)21-4-1-2-7-24(21)30-26(22)23/h1-11,19-20,28-29H,12-15H2. The van der Waals surface area contributed by atoms with Crippen molar-refractivity contribution < 1.29 is 4.74 Å². The summed E-state index contributed by atoms with van der Waals surface area (Å²) < 4.78 is 6.46. The number of rotatable bonds is 2. The van der Waals surface area contributed by atoms with E-state index in [1.165, 1.54) is 29.5 Å². The van der Waals surface area contributed by atoms with E-state index in [1.807, 2.05) is 30.3 Å². The number of piperidine rings is 1. The Balaban J connectivity index is 1.49. The van der Waals surface area contributed by atoms with Gasteiger partial charge in [0, 0.05) is 33.9 Å². The number of hydrogen-bond donors (Lipinski definition) is 2. The Bertz CT molecular complexity index is 1140. The predicted octanol–water partition coefficient (Wildman–Crippen LogP) is 6.91. The lowest BCUT2D eigenvalue weighted by Gasteiger charge is -2.31. The van der Waals surface area contributed by atoms with E-state index in [0.717, 1.165) is 40.7 Å². The zero-order chi connectivity index (χ0) is 20.1. The molecule has 3 aliphatic rings. The summed E-state index contributed by atoms with van der Waals surface area (Å²) in [5.74, 6) is 1.84. The van der Waals surface area contributed by atoms with Crippen LogP contribution in [0.4, 0.5) is 11.4 Å². The van der Waals surface area contributed by atoms with Crippen molar-refractivity contribution in [1.29, 1.82) is 0 Å². The highest BCUT2D eigenvalue weighted by Crippen LogP contribution is 2.50. The predicted molar refractivity (Wildman–Crippen MR) is 123 cm³/mol. The highest BCUT2D eigenvalue weighted by molar-refractivity contribution is 6.30. The molecule has 150 valence electrons. The van der Waals surface area contributed by atoms with E-state index in [4.69, 9.17) is 16.3 Å². The molecule has 2 N–H and O–H groups in total. The van der Waals surface area contributed by atoms with Gasteiger partial charge < -0.3 is 15.4 Å². The molecule has 3 aliphatic heterocycles. The van der Waals surface area contributed by atoms with E-state index in [-0.39, 0.29) is 0 Å². The van der Waals surface area contributed by atoms with E-state index in [1.54, 1.807) is 5.57 Å². The van der Waals surface area contributed by atoms with Gasteiger partial charge in [-0.15, -0.1) is 0 Å². The maximum absolute atomic E-state index is 6.46. The molecule has 6 rings (SSSR count). The lowest BCUT2D eigenvalue weighted by atomic mass is 9.84. The third-order valence-electron chi connectivity index (χ3n) is 6.45. The largest absolute Gasteiger partial charge is 0.454 e. The van der Waals surface area contributed by atoms with Crippen LogP contribution in [-0.4, -0.2) is 12.1 Å². The van der Waals surface area contributed by atoms with E-state index >= 15 is 0 Å². The zero-order valence-electron chi connectivity index (χ0n) is 16.6. The molecule has 2 atom stereocenters. The average Bonchev–Trinajstić information content (AvgIpc) is 3.11. The Kier molecular flexibility index (Phi) is 4.33. The molecule has 3 aromatic carbocycles. The van der Waals surface area contributed by atoms with Crippen LogP contribution >= 0.6 is 11.6 Å². The number of para-hydroxylation sites is 2. The fourth-order valence-corrected chi connectivity index (χ4v) is 5.26. The van der Waals surface area contributed by atoms with Crippen LogP contribution in [0.1, 0.15) is 36.8 Å². The molecule has 2 bridgehead atoms. The van der Waals surface area contributed by atoms with E-state index in [2.05, 4.69) is 47.0 Å². The van der Waals surface area contributed by atoms with Crippen LogP contribution in [0.5, 0.6) is 11.5 Å². The molecule has 2 fully saturated rings. The Morgan fingerprint density at radius 2 is 1.57 bits per heavy atom. The molecule has 4 heteroatoms. The Morgan fingerprint density at radius 1 is 0.833 bits per heavy atom.